The Morgan fingerprint density at radius 2 is 2.25 bits per heavy atom. The Morgan fingerprint density at radius 3 is 2.67 bits per heavy atom. The fourth-order valence-corrected chi connectivity index (χ4v) is 2.87. The number of hydrogen-bond acceptors (Lipinski definition) is 4. The van der Waals surface area contributed by atoms with Gasteiger partial charge in [-0.05, 0) is 12.1 Å². The second-order valence-electron chi connectivity index (χ2n) is 1.85. The molecular weight excluding hydrogens is 222 g/mol. The molecule has 0 bridgehead atoms. The zero-order chi connectivity index (χ0) is 9.19. The summed E-state index contributed by atoms with van der Waals surface area (Å²) < 4.78 is 22.9. The summed E-state index contributed by atoms with van der Waals surface area (Å²) in [6.45, 7) is 0. The summed E-state index contributed by atoms with van der Waals surface area (Å²) in [4.78, 5) is 6.17. The topological polar surface area (TPSA) is 55.4 Å². The normalized spacial score (nSPS) is 11.8. The van der Waals surface area contributed by atoms with Gasteiger partial charge in [0, 0.05) is 0 Å². The standard InChI is InChI=1S/C5H6ClNO3S2/c1-10-7-12(8,9)5-3-2-4(6)11-5/h2-3,7H,1H3. The van der Waals surface area contributed by atoms with E-state index < -0.39 is 10.0 Å². The Balaban J connectivity index is 2.98. The predicted molar refractivity (Wildman–Crippen MR) is 46.7 cm³/mol. The SMILES string of the molecule is CONS(=O)(=O)c1ccc(Cl)s1. The van der Waals surface area contributed by atoms with Crippen LogP contribution in [0.4, 0.5) is 0 Å². The molecule has 0 aliphatic heterocycles. The maximum absolute atomic E-state index is 11.2. The molecule has 0 aromatic carbocycles. The lowest BCUT2D eigenvalue weighted by molar-refractivity contribution is 0.153. The lowest BCUT2D eigenvalue weighted by Gasteiger charge is -1.99. The van der Waals surface area contributed by atoms with E-state index in [1.807, 2.05) is 4.89 Å². The molecule has 0 saturated carbocycles. The maximum atomic E-state index is 11.2. The van der Waals surface area contributed by atoms with E-state index in [1.54, 1.807) is 0 Å². The molecule has 1 rings (SSSR count). The Bertz CT molecular complexity index is 359. The first-order chi connectivity index (χ1) is 5.56. The van der Waals surface area contributed by atoms with Gasteiger partial charge in [0.1, 0.15) is 4.21 Å². The molecule has 0 spiro atoms. The molecule has 1 aromatic rings. The summed E-state index contributed by atoms with van der Waals surface area (Å²) in [7, 11) is -2.30. The first-order valence-corrected chi connectivity index (χ1v) is 5.54. The fourth-order valence-electron chi connectivity index (χ4n) is 0.593. The van der Waals surface area contributed by atoms with Crippen molar-refractivity contribution < 1.29 is 13.3 Å². The van der Waals surface area contributed by atoms with Gasteiger partial charge in [-0.1, -0.05) is 16.5 Å². The number of rotatable bonds is 3. The van der Waals surface area contributed by atoms with Gasteiger partial charge in [0.15, 0.2) is 0 Å². The van der Waals surface area contributed by atoms with Gasteiger partial charge in [0.05, 0.1) is 11.4 Å². The average molecular weight is 228 g/mol. The Kier molecular flexibility index (Phi) is 3.08. The highest BCUT2D eigenvalue weighted by Crippen LogP contribution is 2.24. The van der Waals surface area contributed by atoms with Crippen molar-refractivity contribution in [2.75, 3.05) is 7.11 Å². The first-order valence-electron chi connectivity index (χ1n) is 2.86. The van der Waals surface area contributed by atoms with E-state index in [0.29, 0.717) is 4.34 Å². The molecule has 4 nitrogen and oxygen atoms in total. The maximum Gasteiger partial charge on any atom is 0.271 e. The molecule has 0 fully saturated rings. The van der Waals surface area contributed by atoms with E-state index in [1.165, 1.54) is 19.2 Å². The van der Waals surface area contributed by atoms with Crippen molar-refractivity contribution in [1.29, 1.82) is 0 Å². The van der Waals surface area contributed by atoms with Gasteiger partial charge in [-0.3, -0.25) is 4.84 Å². The molecule has 0 radical (unpaired) electrons. The van der Waals surface area contributed by atoms with Crippen molar-refractivity contribution in [2.45, 2.75) is 4.21 Å². The third-order valence-electron chi connectivity index (χ3n) is 1.01. The molecule has 0 aliphatic rings. The van der Waals surface area contributed by atoms with Crippen LogP contribution in [0.1, 0.15) is 0 Å². The minimum absolute atomic E-state index is 0.134. The summed E-state index contributed by atoms with van der Waals surface area (Å²) in [5, 5.41) is 0. The van der Waals surface area contributed by atoms with Crippen molar-refractivity contribution in [3.05, 3.63) is 16.5 Å². The average Bonchev–Trinajstić information content (AvgIpc) is 2.36. The van der Waals surface area contributed by atoms with Crippen LogP contribution in [-0.2, 0) is 14.9 Å². The summed E-state index contributed by atoms with van der Waals surface area (Å²) in [5.41, 5.74) is 0. The second kappa shape index (κ2) is 3.71. The number of halogens is 1. The van der Waals surface area contributed by atoms with Crippen molar-refractivity contribution >= 4 is 33.0 Å². The van der Waals surface area contributed by atoms with Crippen LogP contribution in [0.3, 0.4) is 0 Å². The molecule has 0 aliphatic carbocycles. The highest BCUT2D eigenvalue weighted by molar-refractivity contribution is 7.91. The molecule has 12 heavy (non-hydrogen) atoms. The lowest BCUT2D eigenvalue weighted by Crippen LogP contribution is -2.21. The lowest BCUT2D eigenvalue weighted by atomic mass is 10.7. The van der Waals surface area contributed by atoms with Gasteiger partial charge in [0.2, 0.25) is 0 Å². The van der Waals surface area contributed by atoms with Crippen LogP contribution >= 0.6 is 22.9 Å². The molecule has 0 saturated heterocycles. The van der Waals surface area contributed by atoms with Crippen LogP contribution in [0.15, 0.2) is 16.3 Å². The largest absolute Gasteiger partial charge is 0.290 e. The van der Waals surface area contributed by atoms with E-state index in [4.69, 9.17) is 11.6 Å². The minimum atomic E-state index is -3.53. The van der Waals surface area contributed by atoms with Gasteiger partial charge in [-0.25, -0.2) is 8.42 Å². The van der Waals surface area contributed by atoms with E-state index in [2.05, 4.69) is 4.84 Å². The monoisotopic (exact) mass is 227 g/mol. The zero-order valence-electron chi connectivity index (χ0n) is 6.07. The summed E-state index contributed by atoms with van der Waals surface area (Å²) >= 11 is 6.52. The van der Waals surface area contributed by atoms with Crippen molar-refractivity contribution in [1.82, 2.24) is 4.89 Å². The van der Waals surface area contributed by atoms with Crippen LogP contribution in [0, 0.1) is 0 Å². The number of thiophene rings is 1. The van der Waals surface area contributed by atoms with E-state index >= 15 is 0 Å². The Labute approximate surface area is 79.1 Å². The zero-order valence-corrected chi connectivity index (χ0v) is 8.46. The van der Waals surface area contributed by atoms with Crippen LogP contribution in [0.2, 0.25) is 4.34 Å². The molecule has 0 atom stereocenters. The Hall–Kier alpha value is -0.140. The second-order valence-corrected chi connectivity index (χ2v) is 5.44. The highest BCUT2D eigenvalue weighted by Gasteiger charge is 2.15. The molecule has 1 N–H and O–H groups in total. The van der Waals surface area contributed by atoms with Crippen molar-refractivity contribution in [2.24, 2.45) is 0 Å². The number of nitrogens with one attached hydrogen (secondary N) is 1. The van der Waals surface area contributed by atoms with Crippen LogP contribution in [0.25, 0.3) is 0 Å². The predicted octanol–water partition coefficient (Wildman–Crippen LogP) is 1.24. The molecule has 68 valence electrons. The van der Waals surface area contributed by atoms with E-state index in [0.717, 1.165) is 11.3 Å². The van der Waals surface area contributed by atoms with E-state index in [9.17, 15) is 8.42 Å². The highest BCUT2D eigenvalue weighted by atomic mass is 35.5. The fraction of sp³-hybridized carbons (Fsp3) is 0.200. The number of sulfonamides is 1. The van der Waals surface area contributed by atoms with Gasteiger partial charge >= 0.3 is 0 Å². The first kappa shape index (κ1) is 9.94. The summed E-state index contributed by atoms with van der Waals surface area (Å²) in [5.74, 6) is 0. The smallest absolute Gasteiger partial charge is 0.271 e. The van der Waals surface area contributed by atoms with Gasteiger partial charge in [0.25, 0.3) is 10.0 Å². The molecule has 1 aromatic heterocycles. The Morgan fingerprint density at radius 1 is 1.58 bits per heavy atom. The van der Waals surface area contributed by atoms with Crippen LogP contribution in [0.5, 0.6) is 0 Å². The molecule has 7 heteroatoms. The molecule has 0 amide bonds. The van der Waals surface area contributed by atoms with Crippen LogP contribution < -0.4 is 4.89 Å². The van der Waals surface area contributed by atoms with Crippen molar-refractivity contribution in [3.8, 4) is 0 Å². The molecule has 0 unspecified atom stereocenters. The quantitative estimate of drug-likeness (QED) is 0.791. The van der Waals surface area contributed by atoms with Crippen molar-refractivity contribution in [3.63, 3.8) is 0 Å². The van der Waals surface area contributed by atoms with Crippen LogP contribution in [-0.4, -0.2) is 15.5 Å². The molecule has 1 heterocycles. The summed E-state index contributed by atoms with van der Waals surface area (Å²) in [6.07, 6.45) is 0. The van der Waals surface area contributed by atoms with E-state index in [-0.39, 0.29) is 4.21 Å². The molecular formula is C5H6ClNO3S2. The number of hydrogen-bond donors (Lipinski definition) is 1. The minimum Gasteiger partial charge on any atom is -0.290 e. The van der Waals surface area contributed by atoms with Gasteiger partial charge in [-0.2, -0.15) is 0 Å². The third-order valence-corrected chi connectivity index (χ3v) is 3.99. The summed E-state index contributed by atoms with van der Waals surface area (Å²) in [6, 6.07) is 2.92. The van der Waals surface area contributed by atoms with Gasteiger partial charge < -0.3 is 0 Å². The third kappa shape index (κ3) is 2.18. The van der Waals surface area contributed by atoms with Gasteiger partial charge in [-0.15, -0.1) is 11.3 Å².